The molecule has 0 spiro atoms. The van der Waals surface area contributed by atoms with Gasteiger partial charge in [0.1, 0.15) is 18.4 Å². The minimum Gasteiger partial charge on any atom is -0.352 e. The third-order valence-corrected chi connectivity index (χ3v) is 9.35. The quantitative estimate of drug-likeness (QED) is 0.189. The Hall–Kier alpha value is -4.21. The Kier molecular flexibility index (Phi) is 11.1. The van der Waals surface area contributed by atoms with Gasteiger partial charge in [-0.05, 0) is 54.8 Å². The molecule has 1 N–H and O–H groups in total. The van der Waals surface area contributed by atoms with Crippen LogP contribution in [0.3, 0.4) is 0 Å². The van der Waals surface area contributed by atoms with Gasteiger partial charge >= 0.3 is 0 Å². The van der Waals surface area contributed by atoms with Gasteiger partial charge in [0.2, 0.25) is 11.8 Å². The van der Waals surface area contributed by atoms with Gasteiger partial charge in [0, 0.05) is 19.0 Å². The molecular formula is C34H35ClFN3O4S. The van der Waals surface area contributed by atoms with Gasteiger partial charge in [0.15, 0.2) is 0 Å². The van der Waals surface area contributed by atoms with Gasteiger partial charge in [-0.2, -0.15) is 0 Å². The van der Waals surface area contributed by atoms with Crippen LogP contribution in [0.15, 0.2) is 114 Å². The van der Waals surface area contributed by atoms with E-state index in [0.29, 0.717) is 6.42 Å². The van der Waals surface area contributed by atoms with Crippen LogP contribution in [0.25, 0.3) is 0 Å². The lowest BCUT2D eigenvalue weighted by atomic mass is 10.0. The van der Waals surface area contributed by atoms with Crippen LogP contribution in [0.1, 0.15) is 31.4 Å². The SMILES string of the molecule is CC[C@@H](C)NC(=O)[C@@H](Cc1ccccc1)N(Cc1ccccc1)C(=O)CN(c1ccc(F)c(Cl)c1)S(=O)(=O)c1ccccc1. The molecule has 230 valence electrons. The third-order valence-electron chi connectivity index (χ3n) is 7.27. The Bertz CT molecular complexity index is 1660. The van der Waals surface area contributed by atoms with Gasteiger partial charge in [0.25, 0.3) is 10.0 Å². The molecule has 0 heterocycles. The molecule has 0 bridgehead atoms. The summed E-state index contributed by atoms with van der Waals surface area (Å²) in [6.45, 7) is 3.22. The highest BCUT2D eigenvalue weighted by molar-refractivity contribution is 7.92. The minimum atomic E-state index is -4.31. The molecule has 4 rings (SSSR count). The van der Waals surface area contributed by atoms with Crippen LogP contribution in [-0.2, 0) is 32.6 Å². The molecular weight excluding hydrogens is 601 g/mol. The smallest absolute Gasteiger partial charge is 0.264 e. The number of anilines is 1. The molecule has 0 aliphatic carbocycles. The first kappa shape index (κ1) is 32.7. The Balaban J connectivity index is 1.80. The normalized spacial score (nSPS) is 12.6. The van der Waals surface area contributed by atoms with Crippen molar-refractivity contribution in [1.82, 2.24) is 10.2 Å². The highest BCUT2D eigenvalue weighted by atomic mass is 35.5. The Morgan fingerprint density at radius 1 is 0.864 bits per heavy atom. The summed E-state index contributed by atoms with van der Waals surface area (Å²) in [5, 5.41) is 2.71. The zero-order valence-electron chi connectivity index (χ0n) is 24.6. The number of nitrogens with one attached hydrogen (secondary N) is 1. The van der Waals surface area contributed by atoms with Crippen LogP contribution in [0.5, 0.6) is 0 Å². The van der Waals surface area contributed by atoms with Crippen LogP contribution >= 0.6 is 11.6 Å². The number of halogens is 2. The summed E-state index contributed by atoms with van der Waals surface area (Å²) in [7, 11) is -4.31. The van der Waals surface area contributed by atoms with E-state index in [1.165, 1.54) is 29.2 Å². The highest BCUT2D eigenvalue weighted by Crippen LogP contribution is 2.28. The van der Waals surface area contributed by atoms with E-state index in [1.807, 2.05) is 74.5 Å². The molecule has 0 fully saturated rings. The van der Waals surface area contributed by atoms with Gasteiger partial charge in [-0.25, -0.2) is 12.8 Å². The molecule has 0 aliphatic rings. The fourth-order valence-electron chi connectivity index (χ4n) is 4.66. The number of carbonyl (C=O) groups excluding carboxylic acids is 2. The van der Waals surface area contributed by atoms with Crippen molar-refractivity contribution in [3.8, 4) is 0 Å². The second-order valence-electron chi connectivity index (χ2n) is 10.5. The molecule has 7 nitrogen and oxygen atoms in total. The number of sulfonamides is 1. The van der Waals surface area contributed by atoms with Crippen molar-refractivity contribution in [3.05, 3.63) is 131 Å². The van der Waals surface area contributed by atoms with Crippen molar-refractivity contribution in [2.24, 2.45) is 0 Å². The molecule has 0 radical (unpaired) electrons. The summed E-state index contributed by atoms with van der Waals surface area (Å²) in [4.78, 5) is 29.6. The summed E-state index contributed by atoms with van der Waals surface area (Å²) in [6, 6.07) is 28.5. The third kappa shape index (κ3) is 8.24. The first-order valence-corrected chi connectivity index (χ1v) is 16.1. The molecule has 44 heavy (non-hydrogen) atoms. The number of rotatable bonds is 13. The lowest BCUT2D eigenvalue weighted by Crippen LogP contribution is -2.54. The maximum absolute atomic E-state index is 14.4. The molecule has 2 amide bonds. The van der Waals surface area contributed by atoms with E-state index in [0.717, 1.165) is 21.5 Å². The van der Waals surface area contributed by atoms with Crippen molar-refractivity contribution in [1.29, 1.82) is 0 Å². The first-order chi connectivity index (χ1) is 21.1. The van der Waals surface area contributed by atoms with Crippen LogP contribution in [0.2, 0.25) is 5.02 Å². The van der Waals surface area contributed by atoms with E-state index >= 15 is 0 Å². The maximum Gasteiger partial charge on any atom is 0.264 e. The van der Waals surface area contributed by atoms with Crippen molar-refractivity contribution in [2.75, 3.05) is 10.8 Å². The fourth-order valence-corrected chi connectivity index (χ4v) is 6.27. The summed E-state index contributed by atoms with van der Waals surface area (Å²) in [5.41, 5.74) is 1.61. The molecule has 0 saturated carbocycles. The molecule has 4 aromatic rings. The Morgan fingerprint density at radius 3 is 2.00 bits per heavy atom. The van der Waals surface area contributed by atoms with Crippen molar-refractivity contribution in [3.63, 3.8) is 0 Å². The zero-order chi connectivity index (χ0) is 31.7. The average Bonchev–Trinajstić information content (AvgIpc) is 3.04. The molecule has 0 saturated heterocycles. The van der Waals surface area contributed by atoms with E-state index in [4.69, 9.17) is 11.6 Å². The Labute approximate surface area is 263 Å². The lowest BCUT2D eigenvalue weighted by molar-refractivity contribution is -0.140. The van der Waals surface area contributed by atoms with Crippen LogP contribution in [0.4, 0.5) is 10.1 Å². The molecule has 0 aliphatic heterocycles. The molecule has 4 aromatic carbocycles. The van der Waals surface area contributed by atoms with E-state index < -0.39 is 34.3 Å². The topological polar surface area (TPSA) is 86.8 Å². The molecule has 0 aromatic heterocycles. The van der Waals surface area contributed by atoms with Crippen LogP contribution in [-0.4, -0.2) is 43.8 Å². The lowest BCUT2D eigenvalue weighted by Gasteiger charge is -2.34. The summed E-state index contributed by atoms with van der Waals surface area (Å²) < 4.78 is 43.0. The van der Waals surface area contributed by atoms with Crippen molar-refractivity contribution >= 4 is 39.1 Å². The van der Waals surface area contributed by atoms with Crippen LogP contribution < -0.4 is 9.62 Å². The summed E-state index contributed by atoms with van der Waals surface area (Å²) in [6.07, 6.45) is 0.889. The first-order valence-electron chi connectivity index (χ1n) is 14.3. The van der Waals surface area contributed by atoms with Crippen molar-refractivity contribution < 1.29 is 22.4 Å². The minimum absolute atomic E-state index is 0.0110. The average molecular weight is 636 g/mol. The van der Waals surface area contributed by atoms with E-state index in [2.05, 4.69) is 5.32 Å². The van der Waals surface area contributed by atoms with Crippen molar-refractivity contribution in [2.45, 2.75) is 50.2 Å². The predicted molar refractivity (Wildman–Crippen MR) is 171 cm³/mol. The maximum atomic E-state index is 14.4. The fraction of sp³-hybridized carbons (Fsp3) is 0.235. The molecule has 2 atom stereocenters. The second-order valence-corrected chi connectivity index (χ2v) is 12.7. The van der Waals surface area contributed by atoms with Gasteiger partial charge in [-0.3, -0.25) is 13.9 Å². The van der Waals surface area contributed by atoms with E-state index in [9.17, 15) is 22.4 Å². The second kappa shape index (κ2) is 15.0. The van der Waals surface area contributed by atoms with E-state index in [1.54, 1.807) is 18.2 Å². The Morgan fingerprint density at radius 2 is 1.43 bits per heavy atom. The number of carbonyl (C=O) groups is 2. The number of hydrogen-bond donors (Lipinski definition) is 1. The van der Waals surface area contributed by atoms with Gasteiger partial charge in [0.05, 0.1) is 15.6 Å². The number of nitrogens with zero attached hydrogens (tertiary/aromatic N) is 2. The number of amides is 2. The summed E-state index contributed by atoms with van der Waals surface area (Å²) >= 11 is 6.06. The monoisotopic (exact) mass is 635 g/mol. The highest BCUT2D eigenvalue weighted by Gasteiger charge is 2.35. The molecule has 0 unspecified atom stereocenters. The largest absolute Gasteiger partial charge is 0.352 e. The van der Waals surface area contributed by atoms with Gasteiger partial charge in [-0.15, -0.1) is 0 Å². The standard InChI is InChI=1S/C34H35ClFN3O4S/c1-3-25(2)37-34(41)32(21-26-13-7-4-8-14-26)38(23-27-15-9-5-10-16-27)33(40)24-39(28-19-20-31(36)30(35)22-28)44(42,43)29-17-11-6-12-18-29/h4-20,22,25,32H,3,21,23-24H2,1-2H3,(H,37,41)/t25-,32-/m1/s1. The van der Waals surface area contributed by atoms with Gasteiger partial charge < -0.3 is 10.2 Å². The molecule has 10 heteroatoms. The van der Waals surface area contributed by atoms with E-state index in [-0.39, 0.29) is 40.5 Å². The zero-order valence-corrected chi connectivity index (χ0v) is 26.1. The predicted octanol–water partition coefficient (Wildman–Crippen LogP) is 6.23. The summed E-state index contributed by atoms with van der Waals surface area (Å²) in [5.74, 6) is -1.70. The number of hydrogen-bond acceptors (Lipinski definition) is 4. The van der Waals surface area contributed by atoms with Gasteiger partial charge in [-0.1, -0.05) is 97.4 Å². The van der Waals surface area contributed by atoms with Crippen LogP contribution in [0, 0.1) is 5.82 Å². The number of benzene rings is 4.